The van der Waals surface area contributed by atoms with E-state index in [2.05, 4.69) is 15.4 Å². The third kappa shape index (κ3) is 3.53. The summed E-state index contributed by atoms with van der Waals surface area (Å²) in [7, 11) is 0. The molecule has 1 aromatic rings. The molecule has 1 N–H and O–H groups in total. The van der Waals surface area contributed by atoms with Crippen molar-refractivity contribution in [2.75, 3.05) is 13.2 Å². The smallest absolute Gasteiger partial charge is 0.222 e. The lowest BCUT2D eigenvalue weighted by molar-refractivity contribution is -0.123. The van der Waals surface area contributed by atoms with Crippen LogP contribution < -0.4 is 5.32 Å². The molecule has 1 aliphatic rings. The van der Waals surface area contributed by atoms with E-state index in [1.165, 1.54) is 0 Å². The Morgan fingerprint density at radius 2 is 2.39 bits per heavy atom. The Balaban J connectivity index is 1.75. The van der Waals surface area contributed by atoms with Gasteiger partial charge in [-0.3, -0.25) is 4.79 Å². The van der Waals surface area contributed by atoms with E-state index in [-0.39, 0.29) is 11.9 Å². The second-order valence-electron chi connectivity index (χ2n) is 4.66. The van der Waals surface area contributed by atoms with Crippen molar-refractivity contribution in [2.24, 2.45) is 0 Å². The Hall–Kier alpha value is -1.43. The number of hydrogen-bond donors (Lipinski definition) is 1. The van der Waals surface area contributed by atoms with Gasteiger partial charge in [0.15, 0.2) is 0 Å². The first-order valence-electron chi connectivity index (χ1n) is 6.40. The van der Waals surface area contributed by atoms with Crippen LogP contribution >= 0.6 is 0 Å². The summed E-state index contributed by atoms with van der Waals surface area (Å²) in [5.74, 6) is 1.65. The number of aromatic nitrogens is 3. The van der Waals surface area contributed by atoms with Crippen LogP contribution in [0.5, 0.6) is 0 Å². The summed E-state index contributed by atoms with van der Waals surface area (Å²) < 4.78 is 7.10. The Bertz CT molecular complexity index is 410. The number of carbonyl (C=O) groups is 1. The zero-order valence-corrected chi connectivity index (χ0v) is 11.0. The number of amides is 1. The molecule has 1 aliphatic heterocycles. The van der Waals surface area contributed by atoms with Crippen LogP contribution in [0.15, 0.2) is 0 Å². The van der Waals surface area contributed by atoms with Crippen molar-refractivity contribution in [3.63, 3.8) is 0 Å². The highest BCUT2D eigenvalue weighted by atomic mass is 16.5. The predicted molar refractivity (Wildman–Crippen MR) is 66.1 cm³/mol. The van der Waals surface area contributed by atoms with Crippen molar-refractivity contribution < 1.29 is 9.53 Å². The van der Waals surface area contributed by atoms with E-state index in [1.54, 1.807) is 4.68 Å². The number of nitrogens with zero attached hydrogens (tertiary/aromatic N) is 3. The Labute approximate surface area is 107 Å². The zero-order chi connectivity index (χ0) is 13.0. The van der Waals surface area contributed by atoms with E-state index in [0.29, 0.717) is 19.6 Å². The van der Waals surface area contributed by atoms with Gasteiger partial charge in [-0.2, -0.15) is 5.10 Å². The van der Waals surface area contributed by atoms with Crippen molar-refractivity contribution in [2.45, 2.75) is 45.7 Å². The Kier molecular flexibility index (Phi) is 4.30. The average Bonchev–Trinajstić information content (AvgIpc) is 2.66. The molecule has 0 aliphatic carbocycles. The Morgan fingerprint density at radius 3 is 3.00 bits per heavy atom. The molecule has 2 heterocycles. The van der Waals surface area contributed by atoms with Gasteiger partial charge in [0, 0.05) is 13.0 Å². The van der Waals surface area contributed by atoms with Gasteiger partial charge in [0.25, 0.3) is 0 Å². The van der Waals surface area contributed by atoms with Crippen LogP contribution in [0.3, 0.4) is 0 Å². The van der Waals surface area contributed by atoms with E-state index in [1.807, 2.05) is 13.8 Å². The minimum Gasteiger partial charge on any atom is -0.379 e. The van der Waals surface area contributed by atoms with Crippen molar-refractivity contribution >= 4 is 5.91 Å². The quantitative estimate of drug-likeness (QED) is 0.851. The highest BCUT2D eigenvalue weighted by Gasteiger charge is 2.16. The van der Waals surface area contributed by atoms with Crippen molar-refractivity contribution in [3.8, 4) is 0 Å². The summed E-state index contributed by atoms with van der Waals surface area (Å²) >= 11 is 0. The first kappa shape index (κ1) is 13.0. The molecule has 6 nitrogen and oxygen atoms in total. The SMILES string of the molecule is Cc1nc(C)n(CCC(=O)NC2CCCOC2)n1. The van der Waals surface area contributed by atoms with Crippen LogP contribution in [0.2, 0.25) is 0 Å². The van der Waals surface area contributed by atoms with Crippen LogP contribution in [0, 0.1) is 13.8 Å². The van der Waals surface area contributed by atoms with Crippen molar-refractivity contribution in [3.05, 3.63) is 11.6 Å². The summed E-state index contributed by atoms with van der Waals surface area (Å²) in [6, 6.07) is 0.171. The number of aryl methyl sites for hydroxylation is 3. The number of hydrogen-bond acceptors (Lipinski definition) is 4. The fourth-order valence-corrected chi connectivity index (χ4v) is 2.13. The first-order valence-corrected chi connectivity index (χ1v) is 6.40. The average molecular weight is 252 g/mol. The second kappa shape index (κ2) is 5.95. The third-order valence-electron chi connectivity index (χ3n) is 3.04. The number of carbonyl (C=O) groups excluding carboxylic acids is 1. The van der Waals surface area contributed by atoms with Gasteiger partial charge in [-0.25, -0.2) is 9.67 Å². The molecule has 6 heteroatoms. The van der Waals surface area contributed by atoms with Crippen molar-refractivity contribution in [1.29, 1.82) is 0 Å². The molecule has 1 amide bonds. The monoisotopic (exact) mass is 252 g/mol. The molecule has 0 spiro atoms. The highest BCUT2D eigenvalue weighted by Crippen LogP contribution is 2.06. The van der Waals surface area contributed by atoms with Crippen LogP contribution in [0.4, 0.5) is 0 Å². The van der Waals surface area contributed by atoms with Gasteiger partial charge in [-0.15, -0.1) is 0 Å². The van der Waals surface area contributed by atoms with E-state index < -0.39 is 0 Å². The van der Waals surface area contributed by atoms with Gasteiger partial charge < -0.3 is 10.1 Å². The van der Waals surface area contributed by atoms with Crippen LogP contribution in [-0.4, -0.2) is 39.9 Å². The summed E-state index contributed by atoms with van der Waals surface area (Å²) in [5, 5.41) is 7.22. The molecule has 0 aromatic carbocycles. The Morgan fingerprint density at radius 1 is 1.56 bits per heavy atom. The van der Waals surface area contributed by atoms with E-state index >= 15 is 0 Å². The highest BCUT2D eigenvalue weighted by molar-refractivity contribution is 5.76. The molecule has 1 saturated heterocycles. The molecule has 1 unspecified atom stereocenters. The number of rotatable bonds is 4. The van der Waals surface area contributed by atoms with Crippen LogP contribution in [0.1, 0.15) is 30.9 Å². The minimum absolute atomic E-state index is 0.0538. The number of ether oxygens (including phenoxy) is 1. The topological polar surface area (TPSA) is 69.0 Å². The molecule has 100 valence electrons. The van der Waals surface area contributed by atoms with Gasteiger partial charge in [0.2, 0.25) is 5.91 Å². The normalized spacial score (nSPS) is 19.8. The van der Waals surface area contributed by atoms with Crippen LogP contribution in [0.25, 0.3) is 0 Å². The van der Waals surface area contributed by atoms with E-state index in [9.17, 15) is 4.79 Å². The molecule has 1 fully saturated rings. The first-order chi connectivity index (χ1) is 8.65. The third-order valence-corrected chi connectivity index (χ3v) is 3.04. The lowest BCUT2D eigenvalue weighted by Crippen LogP contribution is -2.40. The molecule has 1 aromatic heterocycles. The fourth-order valence-electron chi connectivity index (χ4n) is 2.13. The number of nitrogens with one attached hydrogen (secondary N) is 1. The molecule has 2 rings (SSSR count). The fraction of sp³-hybridized carbons (Fsp3) is 0.750. The lowest BCUT2D eigenvalue weighted by Gasteiger charge is -2.23. The van der Waals surface area contributed by atoms with Crippen LogP contribution in [-0.2, 0) is 16.1 Å². The summed E-state index contributed by atoms with van der Waals surface area (Å²) in [4.78, 5) is 16.0. The molecule has 0 saturated carbocycles. The minimum atomic E-state index is 0.0538. The molecular weight excluding hydrogens is 232 g/mol. The lowest BCUT2D eigenvalue weighted by atomic mass is 10.1. The molecule has 18 heavy (non-hydrogen) atoms. The van der Waals surface area contributed by atoms with E-state index in [4.69, 9.17) is 4.74 Å². The zero-order valence-electron chi connectivity index (χ0n) is 11.0. The summed E-state index contributed by atoms with van der Waals surface area (Å²) in [5.41, 5.74) is 0. The van der Waals surface area contributed by atoms with Gasteiger partial charge in [0.05, 0.1) is 19.2 Å². The summed E-state index contributed by atoms with van der Waals surface area (Å²) in [6.45, 7) is 5.76. The van der Waals surface area contributed by atoms with Gasteiger partial charge in [0.1, 0.15) is 11.6 Å². The van der Waals surface area contributed by atoms with Gasteiger partial charge in [-0.05, 0) is 26.7 Å². The summed E-state index contributed by atoms with van der Waals surface area (Å²) in [6.07, 6.45) is 2.46. The molecule has 1 atom stereocenters. The second-order valence-corrected chi connectivity index (χ2v) is 4.66. The van der Waals surface area contributed by atoms with Gasteiger partial charge >= 0.3 is 0 Å². The maximum atomic E-state index is 11.8. The molecular formula is C12H20N4O2. The van der Waals surface area contributed by atoms with Gasteiger partial charge in [-0.1, -0.05) is 0 Å². The largest absolute Gasteiger partial charge is 0.379 e. The standard InChI is InChI=1S/C12H20N4O2/c1-9-13-10(2)16(15-9)6-5-12(17)14-11-4-3-7-18-8-11/h11H,3-8H2,1-2H3,(H,14,17). The predicted octanol–water partition coefficient (Wildman–Crippen LogP) is 0.580. The molecule has 0 radical (unpaired) electrons. The van der Waals surface area contributed by atoms with E-state index in [0.717, 1.165) is 31.1 Å². The molecule has 0 bridgehead atoms. The van der Waals surface area contributed by atoms with Crippen molar-refractivity contribution in [1.82, 2.24) is 20.1 Å². The maximum Gasteiger partial charge on any atom is 0.222 e. The maximum absolute atomic E-state index is 11.8.